The second-order valence-electron chi connectivity index (χ2n) is 4.10. The average molecular weight is 180 g/mol. The first-order valence-electron chi connectivity index (χ1n) is 5.70. The Labute approximate surface area is 81.0 Å². The van der Waals surface area contributed by atoms with Gasteiger partial charge in [0.1, 0.15) is 0 Å². The molecule has 1 fully saturated rings. The average Bonchev–Trinajstić information content (AvgIpc) is 2.55. The molecule has 2 unspecified atom stereocenters. The molecule has 1 heterocycles. The summed E-state index contributed by atoms with van der Waals surface area (Å²) < 4.78 is 0. The molecule has 0 spiro atoms. The van der Waals surface area contributed by atoms with E-state index in [0.29, 0.717) is 6.04 Å². The lowest BCUT2D eigenvalue weighted by Gasteiger charge is -2.32. The molecular formula is C11H20N2. The van der Waals surface area contributed by atoms with Gasteiger partial charge in [-0.3, -0.25) is 4.99 Å². The van der Waals surface area contributed by atoms with Crippen molar-refractivity contribution >= 4 is 5.84 Å². The Kier molecular flexibility index (Phi) is 2.56. The number of likely N-dealkylation sites (N-methyl/N-ethyl adjacent to an activating group) is 1. The van der Waals surface area contributed by atoms with Gasteiger partial charge in [-0.25, -0.2) is 0 Å². The van der Waals surface area contributed by atoms with E-state index in [-0.39, 0.29) is 0 Å². The normalized spacial score (nSPS) is 33.1. The predicted octanol–water partition coefficient (Wildman–Crippen LogP) is 2.44. The second-order valence-corrected chi connectivity index (χ2v) is 4.10. The number of fused-ring (bicyclic) bond motifs is 1. The summed E-state index contributed by atoms with van der Waals surface area (Å²) in [5, 5.41) is 0. The van der Waals surface area contributed by atoms with Crippen LogP contribution in [-0.2, 0) is 0 Å². The number of nitrogens with zero attached hydrogens (tertiary/aromatic N) is 2. The van der Waals surface area contributed by atoms with Gasteiger partial charge in [0.25, 0.3) is 0 Å². The summed E-state index contributed by atoms with van der Waals surface area (Å²) in [5.74, 6) is 1.36. The molecule has 13 heavy (non-hydrogen) atoms. The summed E-state index contributed by atoms with van der Waals surface area (Å²) in [6.07, 6.45) is 6.60. The highest BCUT2D eigenvalue weighted by Crippen LogP contribution is 2.31. The van der Waals surface area contributed by atoms with E-state index in [2.05, 4.69) is 18.7 Å². The number of hydrogen-bond donors (Lipinski definition) is 0. The Morgan fingerprint density at radius 1 is 1.31 bits per heavy atom. The van der Waals surface area contributed by atoms with E-state index in [1.807, 2.05) is 0 Å². The lowest BCUT2D eigenvalue weighted by molar-refractivity contribution is 0.251. The number of aliphatic imine (C=N–C) groups is 1. The highest BCUT2D eigenvalue weighted by molar-refractivity contribution is 5.84. The van der Waals surface area contributed by atoms with E-state index in [4.69, 9.17) is 4.99 Å². The van der Waals surface area contributed by atoms with Crippen LogP contribution >= 0.6 is 0 Å². The fourth-order valence-corrected chi connectivity index (χ4v) is 2.77. The molecule has 2 heteroatoms. The van der Waals surface area contributed by atoms with Crippen molar-refractivity contribution in [2.45, 2.75) is 58.0 Å². The fourth-order valence-electron chi connectivity index (χ4n) is 2.77. The molecule has 2 nitrogen and oxygen atoms in total. The first-order valence-corrected chi connectivity index (χ1v) is 5.70. The lowest BCUT2D eigenvalue weighted by atomic mass is 9.91. The van der Waals surface area contributed by atoms with Crippen molar-refractivity contribution in [3.05, 3.63) is 0 Å². The first-order chi connectivity index (χ1) is 6.36. The number of hydrogen-bond acceptors (Lipinski definition) is 2. The third kappa shape index (κ3) is 1.47. The van der Waals surface area contributed by atoms with Crippen LogP contribution in [0.2, 0.25) is 0 Å². The molecule has 1 aliphatic carbocycles. The molecule has 0 radical (unpaired) electrons. The zero-order valence-corrected chi connectivity index (χ0v) is 8.79. The van der Waals surface area contributed by atoms with E-state index < -0.39 is 0 Å². The van der Waals surface area contributed by atoms with Crippen LogP contribution in [0.1, 0.15) is 46.0 Å². The van der Waals surface area contributed by atoms with Gasteiger partial charge in [0.2, 0.25) is 0 Å². The van der Waals surface area contributed by atoms with E-state index >= 15 is 0 Å². The third-order valence-electron chi connectivity index (χ3n) is 3.40. The molecule has 0 bridgehead atoms. The van der Waals surface area contributed by atoms with Crippen LogP contribution in [0.4, 0.5) is 0 Å². The lowest BCUT2D eigenvalue weighted by Crippen LogP contribution is -2.40. The minimum Gasteiger partial charge on any atom is -0.356 e. The van der Waals surface area contributed by atoms with Crippen molar-refractivity contribution in [3.8, 4) is 0 Å². The fraction of sp³-hybridized carbons (Fsp3) is 0.909. The van der Waals surface area contributed by atoms with Gasteiger partial charge >= 0.3 is 0 Å². The summed E-state index contributed by atoms with van der Waals surface area (Å²) in [7, 11) is 0. The topological polar surface area (TPSA) is 15.6 Å². The van der Waals surface area contributed by atoms with Gasteiger partial charge in [-0.1, -0.05) is 19.8 Å². The smallest absolute Gasteiger partial charge is 0.0993 e. The van der Waals surface area contributed by atoms with Crippen molar-refractivity contribution in [3.63, 3.8) is 0 Å². The zero-order valence-electron chi connectivity index (χ0n) is 8.79. The minimum atomic E-state index is 0.642. The van der Waals surface area contributed by atoms with Gasteiger partial charge in [-0.05, 0) is 19.8 Å². The maximum absolute atomic E-state index is 4.82. The number of rotatable bonds is 2. The van der Waals surface area contributed by atoms with E-state index in [1.54, 1.807) is 0 Å². The Balaban J connectivity index is 2.12. The molecule has 0 saturated heterocycles. The van der Waals surface area contributed by atoms with Crippen LogP contribution in [0.15, 0.2) is 4.99 Å². The Bertz CT molecular complexity index is 210. The first kappa shape index (κ1) is 9.04. The van der Waals surface area contributed by atoms with Gasteiger partial charge < -0.3 is 4.90 Å². The second kappa shape index (κ2) is 3.69. The summed E-state index contributed by atoms with van der Waals surface area (Å²) in [5.41, 5.74) is 0. The highest BCUT2D eigenvalue weighted by Gasteiger charge is 2.35. The highest BCUT2D eigenvalue weighted by atomic mass is 15.3. The van der Waals surface area contributed by atoms with E-state index in [9.17, 15) is 0 Å². The predicted molar refractivity (Wildman–Crippen MR) is 56.2 cm³/mol. The van der Waals surface area contributed by atoms with Gasteiger partial charge in [-0.2, -0.15) is 0 Å². The van der Waals surface area contributed by atoms with Gasteiger partial charge in [0, 0.05) is 13.0 Å². The molecule has 2 atom stereocenters. The van der Waals surface area contributed by atoms with Crippen LogP contribution in [0, 0.1) is 0 Å². The van der Waals surface area contributed by atoms with Crippen LogP contribution in [0.3, 0.4) is 0 Å². The van der Waals surface area contributed by atoms with Gasteiger partial charge in [0.15, 0.2) is 0 Å². The quantitative estimate of drug-likeness (QED) is 0.637. The Hall–Kier alpha value is -0.530. The molecule has 74 valence electrons. The summed E-state index contributed by atoms with van der Waals surface area (Å²) in [6.45, 7) is 5.62. The Morgan fingerprint density at radius 3 is 2.77 bits per heavy atom. The van der Waals surface area contributed by atoms with Crippen molar-refractivity contribution in [2.24, 2.45) is 4.99 Å². The molecule has 0 amide bonds. The molecule has 1 aliphatic heterocycles. The maximum Gasteiger partial charge on any atom is 0.0993 e. The molecular weight excluding hydrogens is 160 g/mol. The molecule has 0 aromatic rings. The standard InChI is InChI=1S/C11H20N2/c1-3-11-12-9-7-5-6-8-10(9)13(11)4-2/h9-10H,3-8H2,1-2H3. The van der Waals surface area contributed by atoms with Crippen LogP contribution in [0.25, 0.3) is 0 Å². The van der Waals surface area contributed by atoms with Crippen molar-refractivity contribution in [1.82, 2.24) is 4.90 Å². The van der Waals surface area contributed by atoms with Crippen LogP contribution in [-0.4, -0.2) is 29.4 Å². The molecule has 0 N–H and O–H groups in total. The summed E-state index contributed by atoms with van der Waals surface area (Å²) in [6, 6.07) is 1.40. The molecule has 0 aromatic carbocycles. The van der Waals surface area contributed by atoms with Crippen molar-refractivity contribution in [1.29, 1.82) is 0 Å². The van der Waals surface area contributed by atoms with Crippen LogP contribution < -0.4 is 0 Å². The maximum atomic E-state index is 4.82. The number of amidine groups is 1. The van der Waals surface area contributed by atoms with Crippen LogP contribution in [0.5, 0.6) is 0 Å². The third-order valence-corrected chi connectivity index (χ3v) is 3.40. The van der Waals surface area contributed by atoms with Gasteiger partial charge in [-0.15, -0.1) is 0 Å². The molecule has 2 aliphatic rings. The van der Waals surface area contributed by atoms with Gasteiger partial charge in [0.05, 0.1) is 17.9 Å². The molecule has 0 aromatic heterocycles. The largest absolute Gasteiger partial charge is 0.356 e. The minimum absolute atomic E-state index is 0.642. The Morgan fingerprint density at radius 2 is 2.08 bits per heavy atom. The summed E-state index contributed by atoms with van der Waals surface area (Å²) >= 11 is 0. The van der Waals surface area contributed by atoms with E-state index in [0.717, 1.165) is 19.0 Å². The SMILES string of the molecule is CCC1=NC2CCCCC2N1CC. The van der Waals surface area contributed by atoms with Crippen molar-refractivity contribution in [2.75, 3.05) is 6.54 Å². The zero-order chi connectivity index (χ0) is 9.26. The summed E-state index contributed by atoms with van der Waals surface area (Å²) in [4.78, 5) is 7.35. The molecule has 1 saturated carbocycles. The van der Waals surface area contributed by atoms with E-state index in [1.165, 1.54) is 31.5 Å². The van der Waals surface area contributed by atoms with Crippen molar-refractivity contribution < 1.29 is 0 Å². The molecule has 2 rings (SSSR count). The monoisotopic (exact) mass is 180 g/mol.